The van der Waals surface area contributed by atoms with E-state index in [-0.39, 0.29) is 5.91 Å². The molecule has 1 aliphatic rings. The van der Waals surface area contributed by atoms with Gasteiger partial charge >= 0.3 is 0 Å². The lowest BCUT2D eigenvalue weighted by molar-refractivity contribution is -0.121. The van der Waals surface area contributed by atoms with Gasteiger partial charge in [-0.05, 0) is 19.9 Å². The lowest BCUT2D eigenvalue weighted by Gasteiger charge is -2.15. The second-order valence-electron chi connectivity index (χ2n) is 4.92. The molecule has 4 heteroatoms. The van der Waals surface area contributed by atoms with E-state index in [4.69, 9.17) is 0 Å². The molecule has 94 valence electrons. The fraction of sp³-hybridized carbons (Fsp3) is 0.917. The van der Waals surface area contributed by atoms with Gasteiger partial charge in [0.1, 0.15) is 0 Å². The Morgan fingerprint density at radius 1 is 1.38 bits per heavy atom. The van der Waals surface area contributed by atoms with Gasteiger partial charge in [0.05, 0.1) is 0 Å². The maximum absolute atomic E-state index is 11.4. The van der Waals surface area contributed by atoms with E-state index in [0.717, 1.165) is 25.7 Å². The third-order valence-electron chi connectivity index (χ3n) is 2.86. The summed E-state index contributed by atoms with van der Waals surface area (Å²) < 4.78 is 0. The number of hydrogen-bond donors (Lipinski definition) is 2. The molecule has 0 unspecified atom stereocenters. The van der Waals surface area contributed by atoms with Crippen LogP contribution in [0.2, 0.25) is 0 Å². The van der Waals surface area contributed by atoms with Crippen molar-refractivity contribution < 1.29 is 4.79 Å². The van der Waals surface area contributed by atoms with Gasteiger partial charge in [-0.1, -0.05) is 13.8 Å². The summed E-state index contributed by atoms with van der Waals surface area (Å²) in [6.45, 7) is 6.68. The molecule has 0 aromatic rings. The summed E-state index contributed by atoms with van der Waals surface area (Å²) in [5.41, 5.74) is 0. The van der Waals surface area contributed by atoms with Gasteiger partial charge in [0, 0.05) is 38.1 Å². The number of carbonyl (C=O) groups excluding carboxylic acids is 1. The molecule has 2 N–H and O–H groups in total. The van der Waals surface area contributed by atoms with Crippen molar-refractivity contribution in [2.75, 3.05) is 26.7 Å². The summed E-state index contributed by atoms with van der Waals surface area (Å²) in [4.78, 5) is 13.7. The molecule has 0 bridgehead atoms. The summed E-state index contributed by atoms with van der Waals surface area (Å²) in [6, 6.07) is 1.23. The Morgan fingerprint density at radius 2 is 2.06 bits per heavy atom. The van der Waals surface area contributed by atoms with Gasteiger partial charge in [-0.2, -0.15) is 0 Å². The van der Waals surface area contributed by atoms with Gasteiger partial charge in [-0.3, -0.25) is 4.79 Å². The number of nitrogens with one attached hydrogen (secondary N) is 2. The Balaban J connectivity index is 1.93. The molecule has 1 rings (SSSR count). The fourth-order valence-electron chi connectivity index (χ4n) is 1.63. The van der Waals surface area contributed by atoms with Crippen molar-refractivity contribution in [1.82, 2.24) is 15.5 Å². The SMILES string of the molecule is CC(C)NCCC(=O)NCCN(C)C1CC1. The zero-order valence-electron chi connectivity index (χ0n) is 10.8. The van der Waals surface area contributed by atoms with E-state index in [1.54, 1.807) is 0 Å². The number of amides is 1. The second-order valence-corrected chi connectivity index (χ2v) is 4.92. The molecular formula is C12H25N3O. The van der Waals surface area contributed by atoms with Gasteiger partial charge in [-0.25, -0.2) is 0 Å². The molecule has 0 aromatic carbocycles. The quantitative estimate of drug-likeness (QED) is 0.638. The average molecular weight is 227 g/mol. The van der Waals surface area contributed by atoms with Crippen molar-refractivity contribution in [3.63, 3.8) is 0 Å². The molecule has 1 aliphatic carbocycles. The smallest absolute Gasteiger partial charge is 0.221 e. The van der Waals surface area contributed by atoms with E-state index in [1.165, 1.54) is 12.8 Å². The van der Waals surface area contributed by atoms with Crippen LogP contribution in [0.5, 0.6) is 0 Å². The molecule has 0 heterocycles. The minimum absolute atomic E-state index is 0.150. The van der Waals surface area contributed by atoms with Crippen LogP contribution in [0.4, 0.5) is 0 Å². The Labute approximate surface area is 98.8 Å². The molecule has 0 spiro atoms. The van der Waals surface area contributed by atoms with E-state index in [2.05, 4.69) is 36.4 Å². The molecule has 1 amide bonds. The van der Waals surface area contributed by atoms with Crippen molar-refractivity contribution >= 4 is 5.91 Å². The van der Waals surface area contributed by atoms with Crippen LogP contribution in [0.1, 0.15) is 33.1 Å². The highest BCUT2D eigenvalue weighted by molar-refractivity contribution is 5.76. The summed E-state index contributed by atoms with van der Waals surface area (Å²) in [5.74, 6) is 0.150. The lowest BCUT2D eigenvalue weighted by Crippen LogP contribution is -2.35. The minimum Gasteiger partial charge on any atom is -0.355 e. The van der Waals surface area contributed by atoms with Crippen LogP contribution < -0.4 is 10.6 Å². The maximum atomic E-state index is 11.4. The predicted molar refractivity (Wildman–Crippen MR) is 66.4 cm³/mol. The summed E-state index contributed by atoms with van der Waals surface area (Å²) in [5, 5.41) is 6.18. The summed E-state index contributed by atoms with van der Waals surface area (Å²) >= 11 is 0. The van der Waals surface area contributed by atoms with E-state index in [9.17, 15) is 4.79 Å². The topological polar surface area (TPSA) is 44.4 Å². The third-order valence-corrected chi connectivity index (χ3v) is 2.86. The van der Waals surface area contributed by atoms with Crippen molar-refractivity contribution in [3.8, 4) is 0 Å². The number of rotatable bonds is 8. The van der Waals surface area contributed by atoms with Crippen LogP contribution in [-0.2, 0) is 4.79 Å². The molecular weight excluding hydrogens is 202 g/mol. The summed E-state index contributed by atoms with van der Waals surface area (Å²) in [6.07, 6.45) is 3.22. The predicted octanol–water partition coefficient (Wildman–Crippen LogP) is 0.585. The summed E-state index contributed by atoms with van der Waals surface area (Å²) in [7, 11) is 2.13. The van der Waals surface area contributed by atoms with E-state index in [0.29, 0.717) is 12.5 Å². The van der Waals surface area contributed by atoms with Gasteiger partial charge in [0.2, 0.25) is 5.91 Å². The monoisotopic (exact) mass is 227 g/mol. The van der Waals surface area contributed by atoms with Crippen LogP contribution in [0.3, 0.4) is 0 Å². The van der Waals surface area contributed by atoms with E-state index in [1.807, 2.05) is 0 Å². The Morgan fingerprint density at radius 3 is 2.62 bits per heavy atom. The second kappa shape index (κ2) is 6.86. The maximum Gasteiger partial charge on any atom is 0.221 e. The van der Waals surface area contributed by atoms with Crippen molar-refractivity contribution in [1.29, 1.82) is 0 Å². The number of carbonyl (C=O) groups is 1. The highest BCUT2D eigenvalue weighted by atomic mass is 16.1. The number of nitrogens with zero attached hydrogens (tertiary/aromatic N) is 1. The van der Waals surface area contributed by atoms with Gasteiger partial charge < -0.3 is 15.5 Å². The number of likely N-dealkylation sites (N-methyl/N-ethyl adjacent to an activating group) is 1. The number of hydrogen-bond acceptors (Lipinski definition) is 3. The van der Waals surface area contributed by atoms with Crippen LogP contribution in [0.15, 0.2) is 0 Å². The lowest BCUT2D eigenvalue weighted by atomic mass is 10.3. The fourth-order valence-corrected chi connectivity index (χ4v) is 1.63. The van der Waals surface area contributed by atoms with Crippen LogP contribution in [0, 0.1) is 0 Å². The molecule has 0 aromatic heterocycles. The standard InChI is InChI=1S/C12H25N3O/c1-10(2)13-7-6-12(16)14-8-9-15(3)11-4-5-11/h10-11,13H,4-9H2,1-3H3,(H,14,16). The normalized spacial score (nSPS) is 15.8. The van der Waals surface area contributed by atoms with Gasteiger partial charge in [0.25, 0.3) is 0 Å². The van der Waals surface area contributed by atoms with Crippen molar-refractivity contribution in [2.45, 2.75) is 45.2 Å². The highest BCUT2D eigenvalue weighted by Crippen LogP contribution is 2.24. The van der Waals surface area contributed by atoms with Crippen molar-refractivity contribution in [2.24, 2.45) is 0 Å². The molecule has 1 fully saturated rings. The van der Waals surface area contributed by atoms with E-state index >= 15 is 0 Å². The van der Waals surface area contributed by atoms with Gasteiger partial charge in [-0.15, -0.1) is 0 Å². The zero-order valence-corrected chi connectivity index (χ0v) is 10.8. The van der Waals surface area contributed by atoms with Crippen molar-refractivity contribution in [3.05, 3.63) is 0 Å². The molecule has 4 nitrogen and oxygen atoms in total. The third kappa shape index (κ3) is 6.08. The first-order chi connectivity index (χ1) is 7.59. The largest absolute Gasteiger partial charge is 0.355 e. The first-order valence-electron chi connectivity index (χ1n) is 6.30. The van der Waals surface area contributed by atoms with Crippen LogP contribution >= 0.6 is 0 Å². The van der Waals surface area contributed by atoms with E-state index < -0.39 is 0 Å². The van der Waals surface area contributed by atoms with Crippen LogP contribution in [-0.4, -0.2) is 49.6 Å². The van der Waals surface area contributed by atoms with Gasteiger partial charge in [0.15, 0.2) is 0 Å². The first kappa shape index (κ1) is 13.5. The molecule has 0 saturated heterocycles. The average Bonchev–Trinajstić information content (AvgIpc) is 2.99. The molecule has 16 heavy (non-hydrogen) atoms. The molecule has 0 aliphatic heterocycles. The molecule has 1 saturated carbocycles. The molecule has 0 atom stereocenters. The van der Waals surface area contributed by atoms with Crippen LogP contribution in [0.25, 0.3) is 0 Å². The minimum atomic E-state index is 0.150. The highest BCUT2D eigenvalue weighted by Gasteiger charge is 2.25. The molecule has 0 radical (unpaired) electrons. The Kier molecular flexibility index (Phi) is 5.77. The first-order valence-corrected chi connectivity index (χ1v) is 6.30. The Hall–Kier alpha value is -0.610. The zero-order chi connectivity index (χ0) is 12.0. The Bertz CT molecular complexity index is 214.